The van der Waals surface area contributed by atoms with Crippen molar-refractivity contribution in [2.24, 2.45) is 0 Å². The maximum Gasteiger partial charge on any atom is 0.255 e. The van der Waals surface area contributed by atoms with Crippen LogP contribution in [0.4, 0.5) is 0 Å². The van der Waals surface area contributed by atoms with E-state index >= 15 is 0 Å². The molecule has 2 aliphatic rings. The van der Waals surface area contributed by atoms with Crippen LogP contribution in [0.25, 0.3) is 0 Å². The smallest absolute Gasteiger partial charge is 0.255 e. The standard InChI is InChI=1S/C20H26N4O3/c25-20(24-10-12-26-13-11-24)16-3-4-19(22-14-16)27-18-5-8-23(9-6-18)15-17-2-1-7-21-17/h1-4,7,14,18,21H,5-6,8-13,15H2. The highest BCUT2D eigenvalue weighted by Gasteiger charge is 2.22. The third kappa shape index (κ3) is 4.67. The third-order valence-electron chi connectivity index (χ3n) is 5.16. The lowest BCUT2D eigenvalue weighted by Gasteiger charge is -2.31. The Kier molecular flexibility index (Phi) is 5.69. The van der Waals surface area contributed by atoms with Gasteiger partial charge in [-0.1, -0.05) is 0 Å². The summed E-state index contributed by atoms with van der Waals surface area (Å²) in [5.74, 6) is 0.603. The van der Waals surface area contributed by atoms with E-state index < -0.39 is 0 Å². The molecule has 1 amide bonds. The minimum absolute atomic E-state index is 0.00924. The summed E-state index contributed by atoms with van der Waals surface area (Å²) in [5.41, 5.74) is 1.85. The molecule has 2 aromatic heterocycles. The lowest BCUT2D eigenvalue weighted by Crippen LogP contribution is -2.40. The van der Waals surface area contributed by atoms with Crippen LogP contribution in [-0.4, -0.2) is 71.2 Å². The molecule has 2 aromatic rings. The molecular formula is C20H26N4O3. The summed E-state index contributed by atoms with van der Waals surface area (Å²) in [5, 5.41) is 0. The second-order valence-electron chi connectivity index (χ2n) is 7.08. The van der Waals surface area contributed by atoms with Crippen LogP contribution in [0.15, 0.2) is 36.7 Å². The van der Waals surface area contributed by atoms with Crippen LogP contribution < -0.4 is 4.74 Å². The Morgan fingerprint density at radius 2 is 2.00 bits per heavy atom. The SMILES string of the molecule is O=C(c1ccc(OC2CCN(Cc3ccc[nH]3)CC2)nc1)N1CCOCC1. The van der Waals surface area contributed by atoms with Crippen LogP contribution in [0.5, 0.6) is 5.88 Å². The summed E-state index contributed by atoms with van der Waals surface area (Å²) in [4.78, 5) is 24.3. The van der Waals surface area contributed by atoms with E-state index in [0.29, 0.717) is 37.7 Å². The van der Waals surface area contributed by atoms with Crippen molar-refractivity contribution in [3.63, 3.8) is 0 Å². The largest absolute Gasteiger partial charge is 0.474 e. The van der Waals surface area contributed by atoms with Gasteiger partial charge < -0.3 is 19.4 Å². The fourth-order valence-electron chi connectivity index (χ4n) is 3.59. The van der Waals surface area contributed by atoms with Gasteiger partial charge in [-0.2, -0.15) is 0 Å². The summed E-state index contributed by atoms with van der Waals surface area (Å²) in [7, 11) is 0. The molecule has 27 heavy (non-hydrogen) atoms. The van der Waals surface area contributed by atoms with Crippen LogP contribution in [0.3, 0.4) is 0 Å². The average molecular weight is 370 g/mol. The van der Waals surface area contributed by atoms with Crippen molar-refractivity contribution in [3.05, 3.63) is 47.9 Å². The highest BCUT2D eigenvalue weighted by atomic mass is 16.5. The number of carbonyl (C=O) groups excluding carboxylic acids is 1. The van der Waals surface area contributed by atoms with Crippen molar-refractivity contribution >= 4 is 5.91 Å². The number of aromatic nitrogens is 2. The first-order valence-electron chi connectivity index (χ1n) is 9.62. The highest BCUT2D eigenvalue weighted by molar-refractivity contribution is 5.94. The second-order valence-corrected chi connectivity index (χ2v) is 7.08. The molecule has 4 heterocycles. The molecule has 0 saturated carbocycles. The zero-order valence-electron chi connectivity index (χ0n) is 15.5. The number of nitrogens with zero attached hydrogens (tertiary/aromatic N) is 3. The lowest BCUT2D eigenvalue weighted by molar-refractivity contribution is 0.0302. The van der Waals surface area contributed by atoms with Crippen molar-refractivity contribution in [1.29, 1.82) is 0 Å². The van der Waals surface area contributed by atoms with E-state index in [1.165, 1.54) is 5.69 Å². The van der Waals surface area contributed by atoms with Gasteiger partial charge in [-0.25, -0.2) is 4.98 Å². The molecule has 4 rings (SSSR count). The molecule has 7 nitrogen and oxygen atoms in total. The molecule has 0 aromatic carbocycles. The number of likely N-dealkylation sites (tertiary alicyclic amines) is 1. The molecule has 0 bridgehead atoms. The first-order valence-corrected chi connectivity index (χ1v) is 9.62. The molecule has 0 aliphatic carbocycles. The second kappa shape index (κ2) is 8.54. The van der Waals surface area contributed by atoms with E-state index in [0.717, 1.165) is 32.5 Å². The fourth-order valence-corrected chi connectivity index (χ4v) is 3.59. The summed E-state index contributed by atoms with van der Waals surface area (Å²) in [6.45, 7) is 5.45. The molecule has 2 aliphatic heterocycles. The van der Waals surface area contributed by atoms with Crippen LogP contribution in [0.1, 0.15) is 28.9 Å². The van der Waals surface area contributed by atoms with Crippen LogP contribution in [0, 0.1) is 0 Å². The third-order valence-corrected chi connectivity index (χ3v) is 5.16. The summed E-state index contributed by atoms with van der Waals surface area (Å²) >= 11 is 0. The number of aromatic amines is 1. The van der Waals surface area contributed by atoms with Gasteiger partial charge in [-0.3, -0.25) is 9.69 Å². The van der Waals surface area contributed by atoms with Gasteiger partial charge in [0.25, 0.3) is 5.91 Å². The minimum Gasteiger partial charge on any atom is -0.474 e. The lowest BCUT2D eigenvalue weighted by atomic mass is 10.1. The summed E-state index contributed by atoms with van der Waals surface area (Å²) in [6.07, 6.45) is 5.73. The first kappa shape index (κ1) is 18.0. The van der Waals surface area contributed by atoms with E-state index in [9.17, 15) is 4.79 Å². The maximum atomic E-state index is 12.4. The number of rotatable bonds is 5. The monoisotopic (exact) mass is 370 g/mol. The molecule has 7 heteroatoms. The van der Waals surface area contributed by atoms with Crippen molar-refractivity contribution < 1.29 is 14.3 Å². The van der Waals surface area contributed by atoms with Gasteiger partial charge in [0.05, 0.1) is 18.8 Å². The number of piperidine rings is 1. The molecule has 0 atom stereocenters. The number of morpholine rings is 1. The van der Waals surface area contributed by atoms with Crippen molar-refractivity contribution in [2.45, 2.75) is 25.5 Å². The molecular weight excluding hydrogens is 344 g/mol. The van der Waals surface area contributed by atoms with Crippen molar-refractivity contribution in [2.75, 3.05) is 39.4 Å². The summed E-state index contributed by atoms with van der Waals surface area (Å²) in [6, 6.07) is 7.76. The number of nitrogens with one attached hydrogen (secondary N) is 1. The van der Waals surface area contributed by atoms with E-state index in [4.69, 9.17) is 9.47 Å². The topological polar surface area (TPSA) is 70.7 Å². The number of hydrogen-bond acceptors (Lipinski definition) is 5. The van der Waals surface area contributed by atoms with Gasteiger partial charge in [-0.05, 0) is 31.0 Å². The number of H-pyrrole nitrogens is 1. The van der Waals surface area contributed by atoms with Crippen LogP contribution in [0.2, 0.25) is 0 Å². The Labute approximate surface area is 159 Å². The zero-order chi connectivity index (χ0) is 18.5. The molecule has 144 valence electrons. The Bertz CT molecular complexity index is 718. The number of carbonyl (C=O) groups is 1. The van der Waals surface area contributed by atoms with Crippen molar-refractivity contribution in [3.8, 4) is 5.88 Å². The van der Waals surface area contributed by atoms with Crippen molar-refractivity contribution in [1.82, 2.24) is 19.8 Å². The Hall–Kier alpha value is -2.38. The molecule has 2 saturated heterocycles. The molecule has 1 N–H and O–H groups in total. The van der Waals surface area contributed by atoms with Gasteiger partial charge in [0.15, 0.2) is 0 Å². The molecule has 0 unspecified atom stereocenters. The van der Waals surface area contributed by atoms with Gasteiger partial charge >= 0.3 is 0 Å². The van der Waals surface area contributed by atoms with Crippen LogP contribution >= 0.6 is 0 Å². The molecule has 2 fully saturated rings. The number of hydrogen-bond donors (Lipinski definition) is 1. The summed E-state index contributed by atoms with van der Waals surface area (Å²) < 4.78 is 11.3. The number of pyridine rings is 1. The predicted molar refractivity (Wildman–Crippen MR) is 101 cm³/mol. The first-order chi connectivity index (χ1) is 13.3. The highest BCUT2D eigenvalue weighted by Crippen LogP contribution is 2.19. The molecule has 0 spiro atoms. The van der Waals surface area contributed by atoms with E-state index in [-0.39, 0.29) is 12.0 Å². The van der Waals surface area contributed by atoms with Gasteiger partial charge in [0, 0.05) is 56.9 Å². The quantitative estimate of drug-likeness (QED) is 0.871. The Morgan fingerprint density at radius 3 is 2.67 bits per heavy atom. The Morgan fingerprint density at radius 1 is 1.19 bits per heavy atom. The minimum atomic E-state index is 0.00924. The van der Waals surface area contributed by atoms with Crippen LogP contribution in [-0.2, 0) is 11.3 Å². The number of ether oxygens (including phenoxy) is 2. The van der Waals surface area contributed by atoms with E-state index in [1.54, 1.807) is 23.2 Å². The predicted octanol–water partition coefficient (Wildman–Crippen LogP) is 1.93. The van der Waals surface area contributed by atoms with Gasteiger partial charge in [-0.15, -0.1) is 0 Å². The maximum absolute atomic E-state index is 12.4. The normalized spacial score (nSPS) is 19.2. The van der Waals surface area contributed by atoms with E-state index in [2.05, 4.69) is 20.9 Å². The zero-order valence-corrected chi connectivity index (χ0v) is 15.5. The fraction of sp³-hybridized carbons (Fsp3) is 0.500. The van der Waals surface area contributed by atoms with E-state index in [1.807, 2.05) is 12.3 Å². The average Bonchev–Trinajstić information content (AvgIpc) is 3.23. The Balaban J connectivity index is 1.26. The molecule has 0 radical (unpaired) electrons. The van der Waals surface area contributed by atoms with Gasteiger partial charge in [0.2, 0.25) is 5.88 Å². The van der Waals surface area contributed by atoms with Gasteiger partial charge in [0.1, 0.15) is 6.10 Å². The number of amides is 1.